The van der Waals surface area contributed by atoms with E-state index in [1.165, 1.54) is 25.3 Å². The molecule has 1 saturated heterocycles. The molecule has 26 heavy (non-hydrogen) atoms. The molecule has 8 heteroatoms. The number of nitrogens with one attached hydrogen (secondary N) is 2. The number of amides is 1. The number of methoxy groups -OCH3 is 1. The number of hydrogen-bond acceptors (Lipinski definition) is 4. The molecule has 0 radical (unpaired) electrons. The zero-order chi connectivity index (χ0) is 18.9. The Hall–Kier alpha value is -2.64. The number of esters is 1. The van der Waals surface area contributed by atoms with Crippen LogP contribution < -0.4 is 10.6 Å². The van der Waals surface area contributed by atoms with Crippen LogP contribution in [0, 0.1) is 11.7 Å². The molecule has 0 aromatic heterocycles. The van der Waals surface area contributed by atoms with Gasteiger partial charge in [0.25, 0.3) is 0 Å². The van der Waals surface area contributed by atoms with E-state index in [-0.39, 0.29) is 24.3 Å². The summed E-state index contributed by atoms with van der Waals surface area (Å²) in [5, 5.41) is 5.78. The minimum Gasteiger partial charge on any atom is -0.469 e. The van der Waals surface area contributed by atoms with Gasteiger partial charge in [0, 0.05) is 25.3 Å². The number of aliphatic imine (C=N–C) groups is 1. The third-order valence-corrected chi connectivity index (χ3v) is 4.14. The fraction of sp³-hybridized carbons (Fsp3) is 0.500. The first-order valence-electron chi connectivity index (χ1n) is 8.70. The molecule has 0 saturated carbocycles. The van der Waals surface area contributed by atoms with E-state index < -0.39 is 5.82 Å². The summed E-state index contributed by atoms with van der Waals surface area (Å²) in [5.74, 6) is -0.370. The van der Waals surface area contributed by atoms with Gasteiger partial charge >= 0.3 is 5.97 Å². The van der Waals surface area contributed by atoms with Gasteiger partial charge in [-0.1, -0.05) is 6.07 Å². The highest BCUT2D eigenvalue weighted by molar-refractivity contribution is 5.94. The minimum absolute atomic E-state index is 0.0736. The molecule has 0 bridgehead atoms. The van der Waals surface area contributed by atoms with Crippen molar-refractivity contribution in [2.75, 3.05) is 38.6 Å². The van der Waals surface area contributed by atoms with Crippen molar-refractivity contribution in [1.29, 1.82) is 0 Å². The van der Waals surface area contributed by atoms with E-state index in [4.69, 9.17) is 4.74 Å². The number of anilines is 1. The van der Waals surface area contributed by atoms with Crippen LogP contribution in [0.2, 0.25) is 0 Å². The first-order valence-corrected chi connectivity index (χ1v) is 8.70. The molecule has 2 N–H and O–H groups in total. The first kappa shape index (κ1) is 19.7. The van der Waals surface area contributed by atoms with Crippen LogP contribution in [0.4, 0.5) is 10.1 Å². The standard InChI is InChI=1S/C18H25FN4O3/c1-3-20-18(23-9-7-13(8-10-23)17(25)26-2)21-12-16(24)22-15-6-4-5-14(19)11-15/h4-6,11,13H,3,7-10,12H2,1-2H3,(H,20,21)(H,22,24). The number of hydrogen-bond donors (Lipinski definition) is 2. The Labute approximate surface area is 152 Å². The van der Waals surface area contributed by atoms with Gasteiger partial charge < -0.3 is 20.3 Å². The summed E-state index contributed by atoms with van der Waals surface area (Å²) in [7, 11) is 1.40. The van der Waals surface area contributed by atoms with Crippen molar-refractivity contribution in [2.24, 2.45) is 10.9 Å². The van der Waals surface area contributed by atoms with E-state index in [1.807, 2.05) is 11.8 Å². The Balaban J connectivity index is 1.92. The summed E-state index contributed by atoms with van der Waals surface area (Å²) in [4.78, 5) is 30.0. The highest BCUT2D eigenvalue weighted by atomic mass is 19.1. The number of ether oxygens (including phenoxy) is 1. The molecule has 1 aliphatic heterocycles. The Bertz CT molecular complexity index is 658. The molecule has 0 spiro atoms. The van der Waals surface area contributed by atoms with Crippen molar-refractivity contribution in [3.63, 3.8) is 0 Å². The molecule has 2 rings (SSSR count). The number of piperidine rings is 1. The quantitative estimate of drug-likeness (QED) is 0.471. The van der Waals surface area contributed by atoms with E-state index in [2.05, 4.69) is 15.6 Å². The highest BCUT2D eigenvalue weighted by Gasteiger charge is 2.27. The van der Waals surface area contributed by atoms with Crippen LogP contribution in [-0.4, -0.2) is 56.0 Å². The van der Waals surface area contributed by atoms with E-state index >= 15 is 0 Å². The van der Waals surface area contributed by atoms with Crippen molar-refractivity contribution in [3.05, 3.63) is 30.1 Å². The SMILES string of the molecule is CCNC(=NCC(=O)Nc1cccc(F)c1)N1CCC(C(=O)OC)CC1. The first-order chi connectivity index (χ1) is 12.5. The Morgan fingerprint density at radius 2 is 2.08 bits per heavy atom. The van der Waals surface area contributed by atoms with Gasteiger partial charge in [-0.25, -0.2) is 9.38 Å². The number of halogens is 1. The van der Waals surface area contributed by atoms with E-state index in [0.29, 0.717) is 44.1 Å². The molecule has 0 atom stereocenters. The Kier molecular flexibility index (Phi) is 7.37. The van der Waals surface area contributed by atoms with Gasteiger partial charge in [0.2, 0.25) is 5.91 Å². The number of guanidine groups is 1. The van der Waals surface area contributed by atoms with Gasteiger partial charge in [0.05, 0.1) is 13.0 Å². The number of likely N-dealkylation sites (tertiary alicyclic amines) is 1. The largest absolute Gasteiger partial charge is 0.469 e. The maximum absolute atomic E-state index is 13.2. The van der Waals surface area contributed by atoms with Gasteiger partial charge in [-0.15, -0.1) is 0 Å². The molecule has 1 fully saturated rings. The van der Waals surface area contributed by atoms with Gasteiger partial charge in [0.1, 0.15) is 12.4 Å². The number of carbonyl (C=O) groups excluding carboxylic acids is 2. The lowest BCUT2D eigenvalue weighted by atomic mass is 9.97. The molecule has 1 aliphatic rings. The predicted octanol–water partition coefficient (Wildman–Crippen LogP) is 1.61. The molecular formula is C18H25FN4O3. The van der Waals surface area contributed by atoms with Gasteiger partial charge in [-0.05, 0) is 38.0 Å². The summed E-state index contributed by atoms with van der Waals surface area (Å²) < 4.78 is 18.0. The second kappa shape index (κ2) is 9.74. The zero-order valence-corrected chi connectivity index (χ0v) is 15.1. The van der Waals surface area contributed by atoms with Crippen molar-refractivity contribution < 1.29 is 18.7 Å². The molecule has 0 aliphatic carbocycles. The van der Waals surface area contributed by atoms with E-state index in [0.717, 1.165) is 0 Å². The smallest absolute Gasteiger partial charge is 0.308 e. The third-order valence-electron chi connectivity index (χ3n) is 4.14. The topological polar surface area (TPSA) is 83.0 Å². The number of benzene rings is 1. The van der Waals surface area contributed by atoms with Crippen LogP contribution in [0.15, 0.2) is 29.3 Å². The van der Waals surface area contributed by atoms with Gasteiger partial charge in [-0.3, -0.25) is 9.59 Å². The molecule has 0 unspecified atom stereocenters. The second-order valence-electron chi connectivity index (χ2n) is 6.01. The summed E-state index contributed by atoms with van der Waals surface area (Å²) in [5.41, 5.74) is 0.397. The predicted molar refractivity (Wildman–Crippen MR) is 97.3 cm³/mol. The van der Waals surface area contributed by atoms with Crippen LogP contribution in [0.25, 0.3) is 0 Å². The second-order valence-corrected chi connectivity index (χ2v) is 6.01. The summed E-state index contributed by atoms with van der Waals surface area (Å²) >= 11 is 0. The average Bonchev–Trinajstić information content (AvgIpc) is 2.64. The normalized spacial score (nSPS) is 15.5. The van der Waals surface area contributed by atoms with Crippen LogP contribution in [0.5, 0.6) is 0 Å². The van der Waals surface area contributed by atoms with Crippen LogP contribution in [0.3, 0.4) is 0 Å². The van der Waals surface area contributed by atoms with Crippen molar-refractivity contribution >= 4 is 23.5 Å². The number of rotatable bonds is 5. The fourth-order valence-electron chi connectivity index (χ4n) is 2.83. The van der Waals surface area contributed by atoms with Crippen molar-refractivity contribution in [2.45, 2.75) is 19.8 Å². The maximum Gasteiger partial charge on any atom is 0.308 e. The van der Waals surface area contributed by atoms with Gasteiger partial charge in [-0.2, -0.15) is 0 Å². The van der Waals surface area contributed by atoms with Crippen molar-refractivity contribution in [1.82, 2.24) is 10.2 Å². The molecule has 7 nitrogen and oxygen atoms in total. The third kappa shape index (κ3) is 5.72. The lowest BCUT2D eigenvalue weighted by molar-refractivity contribution is -0.146. The molecule has 1 aromatic rings. The van der Waals surface area contributed by atoms with Crippen LogP contribution >= 0.6 is 0 Å². The average molecular weight is 364 g/mol. The van der Waals surface area contributed by atoms with Crippen molar-refractivity contribution in [3.8, 4) is 0 Å². The Morgan fingerprint density at radius 1 is 1.35 bits per heavy atom. The summed E-state index contributed by atoms with van der Waals surface area (Å²) in [6.45, 7) is 3.87. The molecular weight excluding hydrogens is 339 g/mol. The van der Waals surface area contributed by atoms with Crippen LogP contribution in [0.1, 0.15) is 19.8 Å². The summed E-state index contributed by atoms with van der Waals surface area (Å²) in [6.07, 6.45) is 1.37. The molecule has 1 aromatic carbocycles. The molecule has 142 valence electrons. The lowest BCUT2D eigenvalue weighted by Crippen LogP contribution is -2.47. The number of carbonyl (C=O) groups is 2. The Morgan fingerprint density at radius 3 is 2.69 bits per heavy atom. The lowest BCUT2D eigenvalue weighted by Gasteiger charge is -2.33. The monoisotopic (exact) mass is 364 g/mol. The fourth-order valence-corrected chi connectivity index (χ4v) is 2.83. The zero-order valence-electron chi connectivity index (χ0n) is 15.1. The minimum atomic E-state index is -0.409. The van der Waals surface area contributed by atoms with Gasteiger partial charge in [0.15, 0.2) is 5.96 Å². The number of nitrogens with zero attached hydrogens (tertiary/aromatic N) is 2. The molecule has 1 amide bonds. The van der Waals surface area contributed by atoms with Crippen LogP contribution in [-0.2, 0) is 14.3 Å². The van der Waals surface area contributed by atoms with E-state index in [9.17, 15) is 14.0 Å². The molecule has 1 heterocycles. The highest BCUT2D eigenvalue weighted by Crippen LogP contribution is 2.18. The van der Waals surface area contributed by atoms with E-state index in [1.54, 1.807) is 6.07 Å². The summed E-state index contributed by atoms with van der Waals surface area (Å²) in [6, 6.07) is 5.72. The maximum atomic E-state index is 13.2.